The number of nitrogens with zero attached hydrogens (tertiary/aromatic N) is 6. The molecule has 2 heterocycles. The van der Waals surface area contributed by atoms with Crippen LogP contribution in [0.3, 0.4) is 0 Å². The normalized spacial score (nSPS) is 14.2. The SMILES string of the molecule is COCc1ccc(C)cc1N1C(=O)CSC1=NC(=O)Nc1ccc(CN(C)c2ncn(-c3ccc(OC(F)(F)F)cc3)n2)c(Cl)c1. The fraction of sp³-hybridized carbons (Fsp3) is 0.233. The van der Waals surface area contributed by atoms with Gasteiger partial charge in [-0.05, 0) is 60.5 Å². The first kappa shape index (κ1) is 32.8. The van der Waals surface area contributed by atoms with E-state index >= 15 is 0 Å². The van der Waals surface area contributed by atoms with Crippen LogP contribution in [0.5, 0.6) is 5.75 Å². The number of halogens is 4. The van der Waals surface area contributed by atoms with Crippen molar-refractivity contribution in [3.63, 3.8) is 0 Å². The molecule has 1 aliphatic rings. The van der Waals surface area contributed by atoms with Gasteiger partial charge < -0.3 is 19.7 Å². The van der Waals surface area contributed by atoms with Crippen molar-refractivity contribution in [1.29, 1.82) is 0 Å². The summed E-state index contributed by atoms with van der Waals surface area (Å²) in [7, 11) is 3.32. The highest BCUT2D eigenvalue weighted by atomic mass is 35.5. The molecule has 0 saturated carbocycles. The predicted molar refractivity (Wildman–Crippen MR) is 170 cm³/mol. The van der Waals surface area contributed by atoms with Gasteiger partial charge in [0.2, 0.25) is 11.9 Å². The quantitative estimate of drug-likeness (QED) is 0.212. The van der Waals surface area contributed by atoms with Gasteiger partial charge in [-0.1, -0.05) is 41.6 Å². The number of hydrogen-bond acceptors (Lipinski definition) is 8. The van der Waals surface area contributed by atoms with E-state index < -0.39 is 12.4 Å². The Morgan fingerprint density at radius 2 is 1.87 bits per heavy atom. The van der Waals surface area contributed by atoms with Crippen LogP contribution in [0.4, 0.5) is 35.3 Å². The van der Waals surface area contributed by atoms with E-state index in [-0.39, 0.29) is 22.6 Å². The molecule has 0 bridgehead atoms. The molecule has 46 heavy (non-hydrogen) atoms. The van der Waals surface area contributed by atoms with E-state index in [2.05, 4.69) is 25.1 Å². The summed E-state index contributed by atoms with van der Waals surface area (Å²) >= 11 is 7.71. The molecule has 0 unspecified atom stereocenters. The van der Waals surface area contributed by atoms with Crippen LogP contribution in [0.2, 0.25) is 5.02 Å². The maximum absolute atomic E-state index is 12.9. The van der Waals surface area contributed by atoms with E-state index in [1.54, 1.807) is 37.3 Å². The minimum Gasteiger partial charge on any atom is -0.406 e. The molecule has 240 valence electrons. The Morgan fingerprint density at radius 1 is 1.13 bits per heavy atom. The molecule has 3 amide bonds. The molecule has 1 aromatic heterocycles. The van der Waals surface area contributed by atoms with Gasteiger partial charge in [0.1, 0.15) is 12.1 Å². The first-order valence-electron chi connectivity index (χ1n) is 13.6. The summed E-state index contributed by atoms with van der Waals surface area (Å²) in [6, 6.07) is 15.2. The summed E-state index contributed by atoms with van der Waals surface area (Å²) in [5, 5.41) is 7.71. The highest BCUT2D eigenvalue weighted by Crippen LogP contribution is 2.32. The van der Waals surface area contributed by atoms with Crippen LogP contribution >= 0.6 is 23.4 Å². The lowest BCUT2D eigenvalue weighted by Gasteiger charge is -2.20. The molecule has 1 aliphatic heterocycles. The van der Waals surface area contributed by atoms with Crippen molar-refractivity contribution in [2.24, 2.45) is 4.99 Å². The highest BCUT2D eigenvalue weighted by molar-refractivity contribution is 8.15. The summed E-state index contributed by atoms with van der Waals surface area (Å²) < 4.78 is 47.9. The zero-order valence-electron chi connectivity index (χ0n) is 24.7. The second-order valence-corrected chi connectivity index (χ2v) is 11.5. The zero-order valence-corrected chi connectivity index (χ0v) is 26.3. The zero-order chi connectivity index (χ0) is 33.0. The molecular weight excluding hydrogens is 647 g/mol. The fourth-order valence-electron chi connectivity index (χ4n) is 4.51. The molecule has 0 atom stereocenters. The Kier molecular flexibility index (Phi) is 9.84. The number of rotatable bonds is 9. The van der Waals surface area contributed by atoms with Crippen LogP contribution in [-0.4, -0.2) is 58.1 Å². The van der Waals surface area contributed by atoms with Crippen molar-refractivity contribution in [1.82, 2.24) is 14.8 Å². The molecule has 1 N–H and O–H groups in total. The summed E-state index contributed by atoms with van der Waals surface area (Å²) in [5.74, 6) is -0.0422. The van der Waals surface area contributed by atoms with Gasteiger partial charge in [0.25, 0.3) is 0 Å². The maximum Gasteiger partial charge on any atom is 0.573 e. The Hall–Kier alpha value is -4.60. The number of alkyl halides is 3. The van der Waals surface area contributed by atoms with E-state index in [1.807, 2.05) is 25.1 Å². The molecule has 5 rings (SSSR count). The van der Waals surface area contributed by atoms with E-state index in [4.69, 9.17) is 16.3 Å². The second kappa shape index (κ2) is 13.8. The van der Waals surface area contributed by atoms with E-state index in [0.717, 1.165) is 11.1 Å². The third-order valence-corrected chi connectivity index (χ3v) is 7.89. The smallest absolute Gasteiger partial charge is 0.406 e. The topological polar surface area (TPSA) is 114 Å². The van der Waals surface area contributed by atoms with Crippen molar-refractivity contribution in [2.75, 3.05) is 35.0 Å². The average Bonchev–Trinajstić information content (AvgIpc) is 3.62. The number of aliphatic imine (C=N–C) groups is 1. The van der Waals surface area contributed by atoms with Crippen molar-refractivity contribution in [3.8, 4) is 11.4 Å². The Morgan fingerprint density at radius 3 is 2.57 bits per heavy atom. The van der Waals surface area contributed by atoms with Crippen molar-refractivity contribution >= 4 is 57.8 Å². The monoisotopic (exact) mass is 673 g/mol. The Balaban J connectivity index is 1.23. The number of methoxy groups -OCH3 is 1. The standard InChI is InChI=1S/C30H27ClF3N7O4S/c1-18-4-5-20(15-44-3)25(12-18)41-26(42)16-46-29(41)37-28(43)36-21-7-6-19(24(31)13-21)14-39(2)27-35-17-40(38-27)22-8-10-23(11-9-22)45-30(32,33)34/h4-13,17H,14-16H2,1-3H3,(H,36,43). The number of carbonyl (C=O) groups is 2. The second-order valence-electron chi connectivity index (χ2n) is 10.1. The first-order chi connectivity index (χ1) is 21.9. The molecule has 4 aromatic rings. The van der Waals surface area contributed by atoms with E-state index in [9.17, 15) is 22.8 Å². The minimum absolute atomic E-state index is 0.150. The number of aromatic nitrogens is 3. The number of thioether (sulfide) groups is 1. The van der Waals surface area contributed by atoms with Gasteiger partial charge in [0, 0.05) is 37.0 Å². The van der Waals surface area contributed by atoms with Gasteiger partial charge in [0.15, 0.2) is 5.17 Å². The van der Waals surface area contributed by atoms with Crippen LogP contribution in [0.15, 0.2) is 72.0 Å². The van der Waals surface area contributed by atoms with Gasteiger partial charge >= 0.3 is 12.4 Å². The summed E-state index contributed by atoms with van der Waals surface area (Å²) in [6.07, 6.45) is -3.35. The average molecular weight is 674 g/mol. The minimum atomic E-state index is -4.78. The lowest BCUT2D eigenvalue weighted by atomic mass is 10.1. The molecule has 0 aliphatic carbocycles. The van der Waals surface area contributed by atoms with Gasteiger partial charge in [-0.2, -0.15) is 9.98 Å². The van der Waals surface area contributed by atoms with Crippen LogP contribution in [-0.2, 0) is 22.7 Å². The number of amides is 3. The number of benzene rings is 3. The van der Waals surface area contributed by atoms with E-state index in [1.165, 1.54) is 51.9 Å². The van der Waals surface area contributed by atoms with Crippen LogP contribution in [0, 0.1) is 6.92 Å². The number of carbonyl (C=O) groups excluding carboxylic acids is 2. The fourth-order valence-corrected chi connectivity index (χ4v) is 5.61. The number of amidine groups is 1. The molecule has 3 aromatic carbocycles. The number of ether oxygens (including phenoxy) is 2. The van der Waals surface area contributed by atoms with Gasteiger partial charge in [0.05, 0.1) is 23.7 Å². The van der Waals surface area contributed by atoms with Gasteiger partial charge in [-0.15, -0.1) is 18.3 Å². The number of hydrogen-bond donors (Lipinski definition) is 1. The summed E-state index contributed by atoms with van der Waals surface area (Å²) in [6.45, 7) is 2.51. The number of anilines is 3. The van der Waals surface area contributed by atoms with Crippen LogP contribution in [0.1, 0.15) is 16.7 Å². The Labute approximate surface area is 271 Å². The van der Waals surface area contributed by atoms with Crippen LogP contribution in [0.25, 0.3) is 5.69 Å². The molecule has 0 radical (unpaired) electrons. The molecular formula is C30H27ClF3N7O4S. The van der Waals surface area contributed by atoms with Crippen molar-refractivity contribution < 1.29 is 32.2 Å². The highest BCUT2D eigenvalue weighted by Gasteiger charge is 2.32. The summed E-state index contributed by atoms with van der Waals surface area (Å²) in [4.78, 5) is 37.3. The number of aryl methyl sites for hydroxylation is 1. The molecule has 1 fully saturated rings. The third kappa shape index (κ3) is 7.97. The van der Waals surface area contributed by atoms with Gasteiger partial charge in [-0.25, -0.2) is 9.48 Å². The molecule has 16 heteroatoms. The van der Waals surface area contributed by atoms with Crippen molar-refractivity contribution in [3.05, 3.63) is 88.7 Å². The van der Waals surface area contributed by atoms with Crippen LogP contribution < -0.4 is 19.9 Å². The lowest BCUT2D eigenvalue weighted by Crippen LogP contribution is -2.31. The summed E-state index contributed by atoms with van der Waals surface area (Å²) in [5.41, 5.74) is 3.96. The molecule has 1 saturated heterocycles. The van der Waals surface area contributed by atoms with Gasteiger partial charge in [-0.3, -0.25) is 9.69 Å². The largest absolute Gasteiger partial charge is 0.573 e. The predicted octanol–water partition coefficient (Wildman–Crippen LogP) is 6.58. The maximum atomic E-state index is 12.9. The Bertz CT molecular complexity index is 1780. The third-order valence-electron chi connectivity index (χ3n) is 6.61. The first-order valence-corrected chi connectivity index (χ1v) is 15.0. The van der Waals surface area contributed by atoms with E-state index in [0.29, 0.717) is 46.7 Å². The van der Waals surface area contributed by atoms with Crippen molar-refractivity contribution in [2.45, 2.75) is 26.4 Å². The molecule has 11 nitrogen and oxygen atoms in total. The number of urea groups is 1. The lowest BCUT2D eigenvalue weighted by molar-refractivity contribution is -0.274. The molecule has 0 spiro atoms. The number of nitrogens with one attached hydrogen (secondary N) is 1.